The van der Waals surface area contributed by atoms with Crippen molar-refractivity contribution in [3.63, 3.8) is 0 Å². The van der Waals surface area contributed by atoms with Crippen molar-refractivity contribution < 1.29 is 0 Å². The molecule has 1 aliphatic heterocycles. The minimum Gasteiger partial charge on any atom is -0.303 e. The summed E-state index contributed by atoms with van der Waals surface area (Å²) in [5, 5.41) is 0. The highest BCUT2D eigenvalue weighted by Crippen LogP contribution is 2.45. The van der Waals surface area contributed by atoms with Gasteiger partial charge in [-0.3, -0.25) is 0 Å². The van der Waals surface area contributed by atoms with E-state index in [0.717, 1.165) is 5.41 Å². The molecule has 1 heterocycles. The van der Waals surface area contributed by atoms with Gasteiger partial charge in [-0.15, -0.1) is 0 Å². The van der Waals surface area contributed by atoms with E-state index in [2.05, 4.69) is 11.8 Å². The number of hydrogen-bond donors (Lipinski definition) is 0. The molecule has 0 unspecified atom stereocenters. The second kappa shape index (κ2) is 2.23. The fourth-order valence-corrected chi connectivity index (χ4v) is 1.85. The largest absolute Gasteiger partial charge is 0.303 e. The van der Waals surface area contributed by atoms with Crippen LogP contribution in [0.4, 0.5) is 0 Å². The Morgan fingerprint density at radius 2 is 1.80 bits per heavy atom. The van der Waals surface area contributed by atoms with Crippen LogP contribution >= 0.6 is 0 Å². The summed E-state index contributed by atoms with van der Waals surface area (Å²) in [4.78, 5) is 2.63. The molecule has 0 bridgehead atoms. The Balaban J connectivity index is 1.78. The van der Waals surface area contributed by atoms with Crippen molar-refractivity contribution in [2.45, 2.75) is 32.6 Å². The summed E-state index contributed by atoms with van der Waals surface area (Å²) in [6.07, 6.45) is 5.83. The van der Waals surface area contributed by atoms with Crippen LogP contribution in [-0.4, -0.2) is 24.5 Å². The number of likely N-dealkylation sites (tertiary alicyclic amines) is 1. The van der Waals surface area contributed by atoms with Crippen LogP contribution in [0.15, 0.2) is 0 Å². The Kier molecular flexibility index (Phi) is 1.48. The molecule has 0 atom stereocenters. The van der Waals surface area contributed by atoms with Crippen LogP contribution in [-0.2, 0) is 0 Å². The van der Waals surface area contributed by atoms with E-state index in [1.54, 1.807) is 0 Å². The topological polar surface area (TPSA) is 3.24 Å². The van der Waals surface area contributed by atoms with Crippen LogP contribution in [0, 0.1) is 5.41 Å². The van der Waals surface area contributed by atoms with Crippen LogP contribution in [0.3, 0.4) is 0 Å². The highest BCUT2D eigenvalue weighted by Gasteiger charge is 2.38. The van der Waals surface area contributed by atoms with E-state index in [1.165, 1.54) is 45.3 Å². The standard InChI is InChI=1S/C9H17N/c1-9(4-5-9)8-10-6-2-3-7-10/h2-8H2,1H3. The van der Waals surface area contributed by atoms with E-state index >= 15 is 0 Å². The maximum Gasteiger partial charge on any atom is 0.00353 e. The molecule has 0 radical (unpaired) electrons. The van der Waals surface area contributed by atoms with E-state index in [1.807, 2.05) is 0 Å². The lowest BCUT2D eigenvalue weighted by Crippen LogP contribution is -2.25. The molecule has 1 saturated heterocycles. The minimum atomic E-state index is 0.740. The van der Waals surface area contributed by atoms with Crippen molar-refractivity contribution in [2.75, 3.05) is 19.6 Å². The highest BCUT2D eigenvalue weighted by molar-refractivity contribution is 4.91. The molecule has 58 valence electrons. The molecular formula is C9H17N. The Bertz CT molecular complexity index is 121. The molecule has 1 nitrogen and oxygen atoms in total. The molecule has 0 N–H and O–H groups in total. The number of nitrogens with zero attached hydrogens (tertiary/aromatic N) is 1. The fourth-order valence-electron chi connectivity index (χ4n) is 1.85. The van der Waals surface area contributed by atoms with Gasteiger partial charge in [0.25, 0.3) is 0 Å². The summed E-state index contributed by atoms with van der Waals surface area (Å²) >= 11 is 0. The molecule has 1 aliphatic carbocycles. The van der Waals surface area contributed by atoms with Gasteiger partial charge in [-0.1, -0.05) is 6.92 Å². The summed E-state index contributed by atoms with van der Waals surface area (Å²) < 4.78 is 0. The van der Waals surface area contributed by atoms with Crippen molar-refractivity contribution >= 4 is 0 Å². The van der Waals surface area contributed by atoms with Crippen LogP contribution in [0.1, 0.15) is 32.6 Å². The maximum atomic E-state index is 2.63. The van der Waals surface area contributed by atoms with Crippen molar-refractivity contribution in [1.82, 2.24) is 4.90 Å². The zero-order valence-electron chi connectivity index (χ0n) is 6.90. The first-order chi connectivity index (χ1) is 4.79. The van der Waals surface area contributed by atoms with E-state index in [4.69, 9.17) is 0 Å². The first-order valence-corrected chi connectivity index (χ1v) is 4.51. The zero-order chi connectivity index (χ0) is 7.03. The molecule has 0 amide bonds. The fraction of sp³-hybridized carbons (Fsp3) is 1.00. The quantitative estimate of drug-likeness (QED) is 0.564. The minimum absolute atomic E-state index is 0.740. The van der Waals surface area contributed by atoms with Crippen LogP contribution in [0.5, 0.6) is 0 Å². The summed E-state index contributed by atoms with van der Waals surface area (Å²) in [5.41, 5.74) is 0.740. The second-order valence-corrected chi connectivity index (χ2v) is 4.29. The molecule has 1 heteroatoms. The maximum absolute atomic E-state index is 2.63. The molecule has 0 spiro atoms. The van der Waals surface area contributed by atoms with Gasteiger partial charge in [0.15, 0.2) is 0 Å². The third kappa shape index (κ3) is 1.34. The molecule has 10 heavy (non-hydrogen) atoms. The van der Waals surface area contributed by atoms with Crippen molar-refractivity contribution in [1.29, 1.82) is 0 Å². The predicted octanol–water partition coefficient (Wildman–Crippen LogP) is 1.88. The average Bonchev–Trinajstić information content (AvgIpc) is 2.47. The molecule has 2 rings (SSSR count). The number of rotatable bonds is 2. The Hall–Kier alpha value is -0.0400. The Morgan fingerprint density at radius 1 is 1.20 bits per heavy atom. The van der Waals surface area contributed by atoms with Gasteiger partial charge in [0.1, 0.15) is 0 Å². The van der Waals surface area contributed by atoms with Crippen LogP contribution in [0.2, 0.25) is 0 Å². The SMILES string of the molecule is CC1(CN2CCCC2)CC1. The van der Waals surface area contributed by atoms with Gasteiger partial charge < -0.3 is 4.90 Å². The lowest BCUT2D eigenvalue weighted by molar-refractivity contribution is 0.276. The predicted molar refractivity (Wildman–Crippen MR) is 43.0 cm³/mol. The normalized spacial score (nSPS) is 30.9. The van der Waals surface area contributed by atoms with Crippen molar-refractivity contribution in [2.24, 2.45) is 5.41 Å². The van der Waals surface area contributed by atoms with Gasteiger partial charge in [0, 0.05) is 6.54 Å². The monoisotopic (exact) mass is 139 g/mol. The van der Waals surface area contributed by atoms with Gasteiger partial charge in [-0.2, -0.15) is 0 Å². The Morgan fingerprint density at radius 3 is 2.30 bits per heavy atom. The lowest BCUT2D eigenvalue weighted by atomic mass is 10.1. The molecule has 0 aromatic carbocycles. The van der Waals surface area contributed by atoms with Crippen LogP contribution in [0.25, 0.3) is 0 Å². The van der Waals surface area contributed by atoms with E-state index in [-0.39, 0.29) is 0 Å². The molecule has 0 aromatic rings. The van der Waals surface area contributed by atoms with Crippen molar-refractivity contribution in [3.8, 4) is 0 Å². The van der Waals surface area contributed by atoms with Gasteiger partial charge in [-0.25, -0.2) is 0 Å². The first kappa shape index (κ1) is 6.66. The molecule has 1 saturated carbocycles. The highest BCUT2D eigenvalue weighted by atomic mass is 15.1. The average molecular weight is 139 g/mol. The third-order valence-corrected chi connectivity index (χ3v) is 2.91. The smallest absolute Gasteiger partial charge is 0.00353 e. The zero-order valence-corrected chi connectivity index (χ0v) is 6.90. The van der Waals surface area contributed by atoms with Gasteiger partial charge in [-0.05, 0) is 44.2 Å². The lowest BCUT2D eigenvalue weighted by Gasteiger charge is -2.18. The van der Waals surface area contributed by atoms with E-state index in [0.29, 0.717) is 0 Å². The molecular weight excluding hydrogens is 122 g/mol. The second-order valence-electron chi connectivity index (χ2n) is 4.29. The summed E-state index contributed by atoms with van der Waals surface area (Å²) in [7, 11) is 0. The summed E-state index contributed by atoms with van der Waals surface area (Å²) in [6, 6.07) is 0. The molecule has 2 aliphatic rings. The first-order valence-electron chi connectivity index (χ1n) is 4.51. The van der Waals surface area contributed by atoms with Gasteiger partial charge >= 0.3 is 0 Å². The van der Waals surface area contributed by atoms with E-state index < -0.39 is 0 Å². The summed E-state index contributed by atoms with van der Waals surface area (Å²) in [6.45, 7) is 6.55. The molecule has 0 aromatic heterocycles. The number of hydrogen-bond acceptors (Lipinski definition) is 1. The van der Waals surface area contributed by atoms with Gasteiger partial charge in [0.2, 0.25) is 0 Å². The van der Waals surface area contributed by atoms with Crippen molar-refractivity contribution in [3.05, 3.63) is 0 Å². The van der Waals surface area contributed by atoms with Crippen LogP contribution < -0.4 is 0 Å². The van der Waals surface area contributed by atoms with E-state index in [9.17, 15) is 0 Å². The van der Waals surface area contributed by atoms with Gasteiger partial charge in [0.05, 0.1) is 0 Å². The third-order valence-electron chi connectivity index (χ3n) is 2.91. The Labute approximate surface area is 63.4 Å². The molecule has 2 fully saturated rings. The summed E-state index contributed by atoms with van der Waals surface area (Å²) in [5.74, 6) is 0.